The van der Waals surface area contributed by atoms with E-state index < -0.39 is 0 Å². The molecule has 278 valence electrons. The normalized spacial score (nSPS) is 13.1. The topological polar surface area (TPSA) is 3.24 Å². The molecule has 0 saturated carbocycles. The predicted octanol–water partition coefficient (Wildman–Crippen LogP) is 16.6. The van der Waals surface area contributed by atoms with Crippen molar-refractivity contribution in [1.29, 1.82) is 0 Å². The van der Waals surface area contributed by atoms with E-state index >= 15 is 0 Å². The van der Waals surface area contributed by atoms with Crippen LogP contribution in [0.15, 0.2) is 200 Å². The molecule has 1 heterocycles. The Morgan fingerprint density at radius 3 is 1.83 bits per heavy atom. The Labute approximate surface area is 348 Å². The zero-order chi connectivity index (χ0) is 39.2. The van der Waals surface area contributed by atoms with Gasteiger partial charge in [0, 0.05) is 42.5 Å². The number of hydrogen-bond donors (Lipinski definition) is 0. The number of anilines is 3. The lowest BCUT2D eigenvalue weighted by atomic mass is 9.82. The van der Waals surface area contributed by atoms with Gasteiger partial charge in [0.25, 0.3) is 0 Å². The van der Waals surface area contributed by atoms with Crippen LogP contribution in [0.5, 0.6) is 0 Å². The monoisotopic (exact) mass is 769 g/mol. The number of hydrogen-bond acceptors (Lipinski definition) is 2. The molecule has 0 unspecified atom stereocenters. The second-order valence-electron chi connectivity index (χ2n) is 16.4. The van der Waals surface area contributed by atoms with Crippen LogP contribution < -0.4 is 4.90 Å². The Kier molecular flexibility index (Phi) is 7.51. The van der Waals surface area contributed by atoms with E-state index in [4.69, 9.17) is 0 Å². The van der Waals surface area contributed by atoms with E-state index in [0.29, 0.717) is 0 Å². The van der Waals surface area contributed by atoms with E-state index in [2.05, 4.69) is 219 Å². The fourth-order valence-corrected chi connectivity index (χ4v) is 11.2. The van der Waals surface area contributed by atoms with Gasteiger partial charge >= 0.3 is 0 Å². The van der Waals surface area contributed by atoms with Gasteiger partial charge in [0.15, 0.2) is 0 Å². The van der Waals surface area contributed by atoms with E-state index in [-0.39, 0.29) is 5.41 Å². The van der Waals surface area contributed by atoms with Crippen LogP contribution in [0, 0.1) is 0 Å². The largest absolute Gasteiger partial charge is 0.310 e. The van der Waals surface area contributed by atoms with Gasteiger partial charge in [0.05, 0.1) is 5.69 Å². The first-order valence-electron chi connectivity index (χ1n) is 20.5. The zero-order valence-corrected chi connectivity index (χ0v) is 33.7. The second-order valence-corrected chi connectivity index (χ2v) is 17.5. The highest BCUT2D eigenvalue weighted by Gasteiger charge is 2.36. The zero-order valence-electron chi connectivity index (χ0n) is 32.9. The van der Waals surface area contributed by atoms with Crippen molar-refractivity contribution in [2.24, 2.45) is 0 Å². The Morgan fingerprint density at radius 2 is 0.949 bits per heavy atom. The summed E-state index contributed by atoms with van der Waals surface area (Å²) in [6, 6.07) is 74.7. The molecule has 0 spiro atoms. The lowest BCUT2D eigenvalue weighted by molar-refractivity contribution is 0.660. The Hall–Kier alpha value is -7.00. The molecule has 59 heavy (non-hydrogen) atoms. The summed E-state index contributed by atoms with van der Waals surface area (Å²) in [4.78, 5) is 2.53. The van der Waals surface area contributed by atoms with Crippen LogP contribution in [0.4, 0.5) is 17.1 Å². The van der Waals surface area contributed by atoms with Crippen LogP contribution in [0.25, 0.3) is 85.9 Å². The van der Waals surface area contributed by atoms with Crippen molar-refractivity contribution in [2.45, 2.75) is 19.3 Å². The average molecular weight is 770 g/mol. The van der Waals surface area contributed by atoms with Crippen LogP contribution in [0.1, 0.15) is 25.0 Å². The first kappa shape index (κ1) is 34.1. The smallest absolute Gasteiger partial charge is 0.0546 e. The second kappa shape index (κ2) is 13.0. The van der Waals surface area contributed by atoms with E-state index in [9.17, 15) is 0 Å². The minimum absolute atomic E-state index is 0.145. The van der Waals surface area contributed by atoms with Crippen LogP contribution >= 0.6 is 11.3 Å². The average Bonchev–Trinajstić information content (AvgIpc) is 3.77. The summed E-state index contributed by atoms with van der Waals surface area (Å²) in [6.45, 7) is 4.75. The maximum atomic E-state index is 2.53. The van der Waals surface area contributed by atoms with Gasteiger partial charge in [-0.25, -0.2) is 0 Å². The molecule has 1 nitrogen and oxygen atoms in total. The van der Waals surface area contributed by atoms with Crippen LogP contribution in [0.2, 0.25) is 0 Å². The minimum Gasteiger partial charge on any atom is -0.310 e. The van der Waals surface area contributed by atoms with Crippen molar-refractivity contribution in [3.8, 4) is 33.4 Å². The first-order chi connectivity index (χ1) is 29.0. The Balaban J connectivity index is 1.20. The molecule has 0 bridgehead atoms. The summed E-state index contributed by atoms with van der Waals surface area (Å²) >= 11 is 1.87. The maximum absolute atomic E-state index is 2.53. The van der Waals surface area contributed by atoms with Gasteiger partial charge in [-0.1, -0.05) is 172 Å². The minimum atomic E-state index is -0.145. The fraction of sp³-hybridized carbons (Fsp3) is 0.0526. The molecule has 0 fully saturated rings. The SMILES string of the molecule is CC1(C)c2ccccc2-c2ccc(N(c3ccc4c(c3)sc3ccccc34)c3cccc(-c4cc5ccccc5c5ccccc45)c3-c3cccc4ccccc34)cc21. The molecule has 1 aromatic heterocycles. The molecule has 0 aliphatic heterocycles. The van der Waals surface area contributed by atoms with Gasteiger partial charge in [-0.2, -0.15) is 0 Å². The molecule has 0 atom stereocenters. The van der Waals surface area contributed by atoms with Gasteiger partial charge in [0.1, 0.15) is 0 Å². The Bertz CT molecular complexity index is 3490. The fourth-order valence-electron chi connectivity index (χ4n) is 10.1. The Morgan fingerprint density at radius 1 is 0.356 bits per heavy atom. The van der Waals surface area contributed by atoms with Crippen molar-refractivity contribution >= 4 is 80.9 Å². The summed E-state index contributed by atoms with van der Waals surface area (Å²) < 4.78 is 2.59. The molecule has 1 aliphatic carbocycles. The van der Waals surface area contributed by atoms with Crippen molar-refractivity contribution < 1.29 is 0 Å². The molecule has 1 aliphatic rings. The number of rotatable bonds is 5. The van der Waals surface area contributed by atoms with Crippen LogP contribution in [0.3, 0.4) is 0 Å². The van der Waals surface area contributed by atoms with Crippen molar-refractivity contribution in [2.75, 3.05) is 4.90 Å². The molecular formula is C57H39NS. The van der Waals surface area contributed by atoms with Gasteiger partial charge in [-0.15, -0.1) is 11.3 Å². The summed E-state index contributed by atoms with van der Waals surface area (Å²) in [5, 5.41) is 10.1. The molecule has 0 saturated heterocycles. The lowest BCUT2D eigenvalue weighted by Crippen LogP contribution is -2.17. The third-order valence-corrected chi connectivity index (χ3v) is 14.0. The third-order valence-electron chi connectivity index (χ3n) is 12.8. The molecule has 0 N–H and O–H groups in total. The number of benzene rings is 10. The van der Waals surface area contributed by atoms with Gasteiger partial charge in [-0.3, -0.25) is 0 Å². The third kappa shape index (κ3) is 5.16. The van der Waals surface area contributed by atoms with Gasteiger partial charge < -0.3 is 4.90 Å². The predicted molar refractivity (Wildman–Crippen MR) is 255 cm³/mol. The molecular weight excluding hydrogens is 731 g/mol. The molecule has 0 radical (unpaired) electrons. The summed E-state index contributed by atoms with van der Waals surface area (Å²) in [6.07, 6.45) is 0. The molecule has 10 aromatic carbocycles. The summed E-state index contributed by atoms with van der Waals surface area (Å²) in [5.74, 6) is 0. The van der Waals surface area contributed by atoms with E-state index in [1.165, 1.54) is 97.0 Å². The maximum Gasteiger partial charge on any atom is 0.0546 e. The van der Waals surface area contributed by atoms with Crippen molar-refractivity contribution in [3.63, 3.8) is 0 Å². The quantitative estimate of drug-likeness (QED) is 0.158. The van der Waals surface area contributed by atoms with Crippen LogP contribution in [-0.4, -0.2) is 0 Å². The highest BCUT2D eigenvalue weighted by Crippen LogP contribution is 2.53. The molecule has 2 heteroatoms. The van der Waals surface area contributed by atoms with Gasteiger partial charge in [-0.05, 0) is 114 Å². The lowest BCUT2D eigenvalue weighted by Gasteiger charge is -2.31. The van der Waals surface area contributed by atoms with E-state index in [1.54, 1.807) is 0 Å². The number of nitrogens with zero attached hydrogens (tertiary/aromatic N) is 1. The van der Waals surface area contributed by atoms with E-state index in [0.717, 1.165) is 17.1 Å². The van der Waals surface area contributed by atoms with Crippen LogP contribution in [-0.2, 0) is 5.41 Å². The summed E-state index contributed by atoms with van der Waals surface area (Å²) in [5.41, 5.74) is 13.5. The molecule has 0 amide bonds. The first-order valence-corrected chi connectivity index (χ1v) is 21.3. The van der Waals surface area contributed by atoms with Crippen molar-refractivity contribution in [1.82, 2.24) is 0 Å². The number of thiophene rings is 1. The van der Waals surface area contributed by atoms with Crippen molar-refractivity contribution in [3.05, 3.63) is 211 Å². The summed E-state index contributed by atoms with van der Waals surface area (Å²) in [7, 11) is 0. The standard InChI is InChI=1S/C57H39NS/c1-57(2)51-26-11-9-22-44(51)45-31-29-38(34-52(45)57)58(39-30-32-47-46-23-10-12-28-54(46)59-55(47)35-39)53-27-14-25-49(56(53)48-24-13-17-36-15-3-5-18-40(36)48)50-33-37-16-4-6-19-41(37)42-20-7-8-21-43(42)50/h3-35H,1-2H3. The highest BCUT2D eigenvalue weighted by molar-refractivity contribution is 7.25. The molecule has 11 aromatic rings. The van der Waals surface area contributed by atoms with Gasteiger partial charge in [0.2, 0.25) is 0 Å². The molecule has 12 rings (SSSR count). The van der Waals surface area contributed by atoms with E-state index in [1.807, 2.05) is 11.3 Å². The highest BCUT2D eigenvalue weighted by atomic mass is 32.1. The number of fused-ring (bicyclic) bond motifs is 10.